The molecule has 138 valence electrons. The molecule has 1 aromatic heterocycles. The molecule has 2 aliphatic rings. The Morgan fingerprint density at radius 3 is 2.56 bits per heavy atom. The first kappa shape index (κ1) is 18.1. The maximum atomic E-state index is 12.2. The molecule has 0 radical (unpaired) electrons. The molecule has 25 heavy (non-hydrogen) atoms. The van der Waals surface area contributed by atoms with Crippen molar-refractivity contribution in [3.8, 4) is 0 Å². The molecule has 0 aromatic carbocycles. The van der Waals surface area contributed by atoms with Crippen LogP contribution in [0.5, 0.6) is 0 Å². The maximum Gasteiger partial charge on any atom is 0.236 e. The molecule has 3 heterocycles. The van der Waals surface area contributed by atoms with Gasteiger partial charge in [0.25, 0.3) is 0 Å². The largest absolute Gasteiger partial charge is 0.383 e. The number of nitrogens with two attached hydrogens (primary N) is 1. The van der Waals surface area contributed by atoms with Crippen LogP contribution in [0, 0.1) is 0 Å². The first-order valence-corrected chi connectivity index (χ1v) is 10.2. The highest BCUT2D eigenvalue weighted by molar-refractivity contribution is 7.91. The molecular weight excluding hydrogens is 342 g/mol. The van der Waals surface area contributed by atoms with Gasteiger partial charge in [0.05, 0.1) is 18.1 Å². The van der Waals surface area contributed by atoms with E-state index >= 15 is 0 Å². The number of anilines is 1. The third kappa shape index (κ3) is 3.94. The number of sulfone groups is 1. The number of aromatic nitrogens is 1. The predicted molar refractivity (Wildman–Crippen MR) is 95.6 cm³/mol. The van der Waals surface area contributed by atoms with Crippen molar-refractivity contribution in [1.29, 1.82) is 0 Å². The van der Waals surface area contributed by atoms with Crippen LogP contribution >= 0.6 is 0 Å². The third-order valence-electron chi connectivity index (χ3n) is 5.04. The number of carbonyl (C=O) groups excluding carboxylic acids is 1. The molecule has 2 atom stereocenters. The van der Waals surface area contributed by atoms with Crippen LogP contribution in [-0.2, 0) is 21.2 Å². The second-order valence-electron chi connectivity index (χ2n) is 6.99. The van der Waals surface area contributed by atoms with E-state index in [9.17, 15) is 13.2 Å². The lowest BCUT2D eigenvalue weighted by atomic mass is 10.0. The van der Waals surface area contributed by atoms with Gasteiger partial charge >= 0.3 is 0 Å². The van der Waals surface area contributed by atoms with Crippen molar-refractivity contribution in [3.05, 3.63) is 23.9 Å². The van der Waals surface area contributed by atoms with Gasteiger partial charge in [-0.1, -0.05) is 6.07 Å². The minimum atomic E-state index is -3.11. The van der Waals surface area contributed by atoms with Crippen molar-refractivity contribution in [2.45, 2.75) is 18.6 Å². The predicted octanol–water partition coefficient (Wildman–Crippen LogP) is -0.965. The normalized spacial score (nSPS) is 26.3. The summed E-state index contributed by atoms with van der Waals surface area (Å²) in [7, 11) is 0.322. The minimum Gasteiger partial charge on any atom is -0.383 e. The first-order chi connectivity index (χ1) is 11.8. The van der Waals surface area contributed by atoms with Crippen molar-refractivity contribution in [1.82, 2.24) is 19.7 Å². The Bertz CT molecular complexity index is 752. The van der Waals surface area contributed by atoms with Crippen LogP contribution in [0.25, 0.3) is 0 Å². The van der Waals surface area contributed by atoms with Crippen LogP contribution in [0.4, 0.5) is 5.82 Å². The van der Waals surface area contributed by atoms with Crippen molar-refractivity contribution < 1.29 is 13.2 Å². The third-order valence-corrected chi connectivity index (χ3v) is 6.74. The number of pyridine rings is 1. The molecule has 9 heteroatoms. The van der Waals surface area contributed by atoms with E-state index in [0.717, 1.165) is 5.56 Å². The summed E-state index contributed by atoms with van der Waals surface area (Å²) in [6.45, 7) is 2.19. The van der Waals surface area contributed by atoms with Gasteiger partial charge in [-0.05, 0) is 6.07 Å². The number of piperazine rings is 1. The summed E-state index contributed by atoms with van der Waals surface area (Å²) in [6.07, 6.45) is 1.65. The van der Waals surface area contributed by atoms with Gasteiger partial charge in [-0.15, -0.1) is 0 Å². The lowest BCUT2D eigenvalue weighted by molar-refractivity contribution is -0.131. The number of rotatable bonds is 4. The summed E-state index contributed by atoms with van der Waals surface area (Å²) in [5.41, 5.74) is 6.84. The van der Waals surface area contributed by atoms with E-state index < -0.39 is 9.84 Å². The Labute approximate surface area is 148 Å². The fourth-order valence-corrected chi connectivity index (χ4v) is 5.65. The van der Waals surface area contributed by atoms with Crippen LogP contribution in [0.1, 0.15) is 5.56 Å². The topological polar surface area (TPSA) is 99.8 Å². The summed E-state index contributed by atoms with van der Waals surface area (Å²) in [4.78, 5) is 21.9. The number of likely N-dealkylation sites (N-methyl/N-ethyl adjacent to an activating group) is 1. The Balaban J connectivity index is 1.78. The summed E-state index contributed by atoms with van der Waals surface area (Å²) in [6, 6.07) is 3.48. The second kappa shape index (κ2) is 6.89. The molecule has 2 saturated heterocycles. The van der Waals surface area contributed by atoms with Crippen molar-refractivity contribution >= 4 is 21.6 Å². The van der Waals surface area contributed by atoms with Crippen molar-refractivity contribution in [3.63, 3.8) is 0 Å². The van der Waals surface area contributed by atoms with Gasteiger partial charge in [0.1, 0.15) is 5.82 Å². The van der Waals surface area contributed by atoms with Gasteiger partial charge in [0.15, 0.2) is 9.84 Å². The number of fused-ring (bicyclic) bond motifs is 1. The van der Waals surface area contributed by atoms with Crippen LogP contribution in [-0.4, -0.2) is 91.3 Å². The molecule has 2 fully saturated rings. The first-order valence-electron chi connectivity index (χ1n) is 8.35. The molecule has 0 unspecified atom stereocenters. The molecule has 2 N–H and O–H groups in total. The smallest absolute Gasteiger partial charge is 0.236 e. The fraction of sp³-hybridized carbons (Fsp3) is 0.625. The Morgan fingerprint density at radius 1 is 1.28 bits per heavy atom. The van der Waals surface area contributed by atoms with Crippen LogP contribution in [0.3, 0.4) is 0 Å². The minimum absolute atomic E-state index is 0.00648. The summed E-state index contributed by atoms with van der Waals surface area (Å²) < 4.78 is 24.5. The molecule has 0 bridgehead atoms. The summed E-state index contributed by atoms with van der Waals surface area (Å²) in [5, 5.41) is 0. The standard InChI is InChI=1S/C16H25N5O3S/c1-19(2)15(22)9-21-7-6-20(8-12-4-3-5-18-16(12)17)13-10-25(23,24)11-14(13)21/h3-5,13-14H,6-11H2,1-2H3,(H2,17,18)/t13-,14+/m0/s1. The molecule has 0 spiro atoms. The molecule has 8 nitrogen and oxygen atoms in total. The quantitative estimate of drug-likeness (QED) is 0.731. The highest BCUT2D eigenvalue weighted by Crippen LogP contribution is 2.28. The van der Waals surface area contributed by atoms with E-state index in [1.165, 1.54) is 0 Å². The fourth-order valence-electron chi connectivity index (χ4n) is 3.61. The molecule has 0 saturated carbocycles. The zero-order valence-electron chi connectivity index (χ0n) is 14.6. The second-order valence-corrected chi connectivity index (χ2v) is 9.14. The highest BCUT2D eigenvalue weighted by atomic mass is 32.2. The number of amides is 1. The molecule has 1 aromatic rings. The lowest BCUT2D eigenvalue weighted by Crippen LogP contribution is -2.60. The van der Waals surface area contributed by atoms with E-state index in [1.807, 2.05) is 17.0 Å². The van der Waals surface area contributed by atoms with E-state index in [1.54, 1.807) is 25.2 Å². The molecular formula is C16H25N5O3S. The average Bonchev–Trinajstić information content (AvgIpc) is 2.87. The summed E-state index contributed by atoms with van der Waals surface area (Å²) >= 11 is 0. The van der Waals surface area contributed by atoms with Crippen LogP contribution in [0.2, 0.25) is 0 Å². The Morgan fingerprint density at radius 2 is 1.92 bits per heavy atom. The molecule has 2 aliphatic heterocycles. The van der Waals surface area contributed by atoms with E-state index in [-0.39, 0.29) is 36.0 Å². The van der Waals surface area contributed by atoms with Crippen molar-refractivity contribution in [2.24, 2.45) is 0 Å². The van der Waals surface area contributed by atoms with Crippen LogP contribution < -0.4 is 5.73 Å². The number of nitrogens with zero attached hydrogens (tertiary/aromatic N) is 4. The van der Waals surface area contributed by atoms with Crippen LogP contribution in [0.15, 0.2) is 18.3 Å². The Kier molecular flexibility index (Phi) is 4.99. The molecule has 3 rings (SSSR count). The lowest BCUT2D eigenvalue weighted by Gasteiger charge is -2.43. The van der Waals surface area contributed by atoms with Gasteiger partial charge in [0.2, 0.25) is 5.91 Å². The average molecular weight is 367 g/mol. The SMILES string of the molecule is CN(C)C(=O)CN1CCN(Cc2cccnc2N)[C@H]2CS(=O)(=O)C[C@H]21. The maximum absolute atomic E-state index is 12.2. The van der Waals surface area contributed by atoms with Gasteiger partial charge < -0.3 is 10.6 Å². The Hall–Kier alpha value is -1.71. The zero-order valence-corrected chi connectivity index (χ0v) is 15.4. The van der Waals surface area contributed by atoms with Gasteiger partial charge in [-0.3, -0.25) is 14.6 Å². The molecule has 0 aliphatic carbocycles. The zero-order chi connectivity index (χ0) is 18.2. The van der Waals surface area contributed by atoms with Crippen molar-refractivity contribution in [2.75, 3.05) is 51.0 Å². The van der Waals surface area contributed by atoms with E-state index in [0.29, 0.717) is 25.5 Å². The number of carbonyl (C=O) groups is 1. The van der Waals surface area contributed by atoms with Gasteiger partial charge in [-0.25, -0.2) is 13.4 Å². The highest BCUT2D eigenvalue weighted by Gasteiger charge is 2.46. The number of hydrogen-bond acceptors (Lipinski definition) is 7. The van der Waals surface area contributed by atoms with E-state index in [4.69, 9.17) is 5.73 Å². The van der Waals surface area contributed by atoms with E-state index in [2.05, 4.69) is 9.88 Å². The number of hydrogen-bond donors (Lipinski definition) is 1. The summed E-state index contributed by atoms with van der Waals surface area (Å²) in [5.74, 6) is 0.708. The molecule has 1 amide bonds. The number of nitrogen functional groups attached to an aromatic ring is 1. The monoisotopic (exact) mass is 367 g/mol. The van der Waals surface area contributed by atoms with Gasteiger partial charge in [-0.2, -0.15) is 0 Å². The van der Waals surface area contributed by atoms with Gasteiger partial charge in [0, 0.05) is 57.6 Å².